The van der Waals surface area contributed by atoms with Gasteiger partial charge in [-0.3, -0.25) is 9.48 Å². The van der Waals surface area contributed by atoms with Crippen LogP contribution in [0.5, 0.6) is 0 Å². The maximum absolute atomic E-state index is 12.7. The standard InChI is InChI=1S/C16H28N4O/c1-13(2)10-20(15-5-7-18(4)8-6-15)16(21)12-19-11-14(3)9-17-19/h9,11,13,15H,5-8,10,12H2,1-4H3. The van der Waals surface area contributed by atoms with E-state index in [-0.39, 0.29) is 5.91 Å². The van der Waals surface area contributed by atoms with Crippen molar-refractivity contribution in [3.63, 3.8) is 0 Å². The highest BCUT2D eigenvalue weighted by Gasteiger charge is 2.27. The van der Waals surface area contributed by atoms with Crippen molar-refractivity contribution >= 4 is 5.91 Å². The third kappa shape index (κ3) is 4.56. The fourth-order valence-corrected chi connectivity index (χ4v) is 2.94. The number of piperidine rings is 1. The molecule has 0 spiro atoms. The highest BCUT2D eigenvalue weighted by Crippen LogP contribution is 2.18. The molecule has 5 nitrogen and oxygen atoms in total. The molecule has 0 N–H and O–H groups in total. The van der Waals surface area contributed by atoms with Gasteiger partial charge >= 0.3 is 0 Å². The number of hydrogen-bond donors (Lipinski definition) is 0. The van der Waals surface area contributed by atoms with Crippen molar-refractivity contribution in [1.82, 2.24) is 19.6 Å². The first-order valence-corrected chi connectivity index (χ1v) is 7.92. The van der Waals surface area contributed by atoms with Gasteiger partial charge in [-0.25, -0.2) is 0 Å². The van der Waals surface area contributed by atoms with Gasteiger partial charge in [-0.05, 0) is 51.4 Å². The van der Waals surface area contributed by atoms with Crippen LogP contribution in [0.3, 0.4) is 0 Å². The van der Waals surface area contributed by atoms with Gasteiger partial charge < -0.3 is 9.80 Å². The quantitative estimate of drug-likeness (QED) is 0.830. The number of nitrogens with zero attached hydrogens (tertiary/aromatic N) is 4. The predicted molar refractivity (Wildman–Crippen MR) is 84.0 cm³/mol. The minimum Gasteiger partial charge on any atom is -0.338 e. The molecule has 1 aliphatic rings. The fraction of sp³-hybridized carbons (Fsp3) is 0.750. The van der Waals surface area contributed by atoms with E-state index >= 15 is 0 Å². The van der Waals surface area contributed by atoms with E-state index in [1.54, 1.807) is 10.9 Å². The summed E-state index contributed by atoms with van der Waals surface area (Å²) in [5.41, 5.74) is 1.09. The van der Waals surface area contributed by atoms with Gasteiger partial charge in [0, 0.05) is 18.8 Å². The average Bonchev–Trinajstić information content (AvgIpc) is 2.82. The van der Waals surface area contributed by atoms with Gasteiger partial charge in [0.05, 0.1) is 6.20 Å². The molecule has 118 valence electrons. The Morgan fingerprint density at radius 3 is 2.62 bits per heavy atom. The van der Waals surface area contributed by atoms with Gasteiger partial charge in [0.15, 0.2) is 0 Å². The summed E-state index contributed by atoms with van der Waals surface area (Å²) >= 11 is 0. The molecule has 2 heterocycles. The van der Waals surface area contributed by atoms with Crippen LogP contribution in [-0.4, -0.2) is 58.2 Å². The molecular formula is C16H28N4O. The van der Waals surface area contributed by atoms with Gasteiger partial charge in [-0.15, -0.1) is 0 Å². The average molecular weight is 292 g/mol. The summed E-state index contributed by atoms with van der Waals surface area (Å²) in [5, 5.41) is 4.24. The number of amides is 1. The molecule has 0 radical (unpaired) electrons. The Bertz CT molecular complexity index is 461. The smallest absolute Gasteiger partial charge is 0.244 e. The topological polar surface area (TPSA) is 41.4 Å². The largest absolute Gasteiger partial charge is 0.338 e. The highest BCUT2D eigenvalue weighted by atomic mass is 16.2. The van der Waals surface area contributed by atoms with E-state index in [0.29, 0.717) is 18.5 Å². The fourth-order valence-electron chi connectivity index (χ4n) is 2.94. The Balaban J connectivity index is 2.02. The minimum atomic E-state index is 0.196. The lowest BCUT2D eigenvalue weighted by Gasteiger charge is -2.38. The van der Waals surface area contributed by atoms with E-state index in [4.69, 9.17) is 0 Å². The van der Waals surface area contributed by atoms with E-state index in [1.807, 2.05) is 13.1 Å². The van der Waals surface area contributed by atoms with Crippen LogP contribution in [-0.2, 0) is 11.3 Å². The number of carbonyl (C=O) groups is 1. The molecule has 1 saturated heterocycles. The number of hydrogen-bond acceptors (Lipinski definition) is 3. The van der Waals surface area contributed by atoms with E-state index in [9.17, 15) is 4.79 Å². The summed E-state index contributed by atoms with van der Waals surface area (Å²) in [6.07, 6.45) is 5.88. The van der Waals surface area contributed by atoms with Crippen molar-refractivity contribution in [2.45, 2.75) is 46.2 Å². The van der Waals surface area contributed by atoms with E-state index < -0.39 is 0 Å². The molecule has 0 aliphatic carbocycles. The Hall–Kier alpha value is -1.36. The van der Waals surface area contributed by atoms with Crippen LogP contribution in [0.2, 0.25) is 0 Å². The molecule has 5 heteroatoms. The highest BCUT2D eigenvalue weighted by molar-refractivity contribution is 5.76. The van der Waals surface area contributed by atoms with Crippen LogP contribution in [0.25, 0.3) is 0 Å². The number of likely N-dealkylation sites (tertiary alicyclic amines) is 1. The first-order valence-electron chi connectivity index (χ1n) is 7.92. The number of rotatable bonds is 5. The van der Waals surface area contributed by atoms with Crippen molar-refractivity contribution in [3.05, 3.63) is 18.0 Å². The van der Waals surface area contributed by atoms with E-state index in [1.165, 1.54) is 0 Å². The molecule has 21 heavy (non-hydrogen) atoms. The molecule has 0 aromatic carbocycles. The minimum absolute atomic E-state index is 0.196. The first-order chi connectivity index (χ1) is 9.95. The summed E-state index contributed by atoms with van der Waals surface area (Å²) in [6.45, 7) is 9.69. The number of carbonyl (C=O) groups excluding carboxylic acids is 1. The third-order valence-corrected chi connectivity index (χ3v) is 4.07. The van der Waals surface area contributed by atoms with Crippen LogP contribution in [0, 0.1) is 12.8 Å². The first kappa shape index (κ1) is 16.0. The lowest BCUT2D eigenvalue weighted by molar-refractivity contribution is -0.136. The van der Waals surface area contributed by atoms with Crippen LogP contribution in [0.4, 0.5) is 0 Å². The van der Waals surface area contributed by atoms with Gasteiger partial charge in [-0.1, -0.05) is 13.8 Å². The monoisotopic (exact) mass is 292 g/mol. The summed E-state index contributed by atoms with van der Waals surface area (Å²) in [7, 11) is 2.15. The maximum Gasteiger partial charge on any atom is 0.244 e. The van der Waals surface area contributed by atoms with E-state index in [0.717, 1.165) is 38.0 Å². The van der Waals surface area contributed by atoms with Crippen molar-refractivity contribution in [3.8, 4) is 0 Å². The lowest BCUT2D eigenvalue weighted by Crippen LogP contribution is -2.48. The second-order valence-electron chi connectivity index (χ2n) is 6.69. The van der Waals surface area contributed by atoms with Crippen LogP contribution >= 0.6 is 0 Å². The Kier molecular flexibility index (Phi) is 5.39. The zero-order valence-electron chi connectivity index (χ0n) is 13.7. The van der Waals surface area contributed by atoms with E-state index in [2.05, 4.69) is 35.8 Å². The van der Waals surface area contributed by atoms with Crippen LogP contribution < -0.4 is 0 Å². The zero-order chi connectivity index (χ0) is 15.4. The number of aromatic nitrogens is 2. The second-order valence-corrected chi connectivity index (χ2v) is 6.69. The molecule has 1 fully saturated rings. The van der Waals surface area contributed by atoms with Crippen LogP contribution in [0.1, 0.15) is 32.3 Å². The molecule has 0 atom stereocenters. The van der Waals surface area contributed by atoms with Gasteiger partial charge in [-0.2, -0.15) is 5.10 Å². The van der Waals surface area contributed by atoms with Crippen molar-refractivity contribution in [2.75, 3.05) is 26.7 Å². The maximum atomic E-state index is 12.7. The van der Waals surface area contributed by atoms with Crippen molar-refractivity contribution in [2.24, 2.45) is 5.92 Å². The predicted octanol–water partition coefficient (Wildman–Crippen LogP) is 1.77. The Labute approximate surface area is 127 Å². The van der Waals surface area contributed by atoms with Gasteiger partial charge in [0.25, 0.3) is 0 Å². The molecule has 1 aliphatic heterocycles. The lowest BCUT2D eigenvalue weighted by atomic mass is 10.0. The van der Waals surface area contributed by atoms with Gasteiger partial charge in [0.1, 0.15) is 6.54 Å². The molecule has 0 bridgehead atoms. The molecule has 1 aromatic heterocycles. The second kappa shape index (κ2) is 7.07. The van der Waals surface area contributed by atoms with Crippen molar-refractivity contribution < 1.29 is 4.79 Å². The molecule has 0 saturated carbocycles. The summed E-state index contributed by atoms with van der Waals surface area (Å²) < 4.78 is 1.75. The molecule has 2 rings (SSSR count). The summed E-state index contributed by atoms with van der Waals surface area (Å²) in [5.74, 6) is 0.689. The molecule has 1 amide bonds. The number of aryl methyl sites for hydroxylation is 1. The summed E-state index contributed by atoms with van der Waals surface area (Å²) in [6, 6.07) is 0.382. The summed E-state index contributed by atoms with van der Waals surface area (Å²) in [4.78, 5) is 17.1. The van der Waals surface area contributed by atoms with Crippen molar-refractivity contribution in [1.29, 1.82) is 0 Å². The molecule has 0 unspecified atom stereocenters. The SMILES string of the molecule is Cc1cnn(CC(=O)N(CC(C)C)C2CCN(C)CC2)c1. The molecule has 1 aromatic rings. The Morgan fingerprint density at radius 2 is 2.10 bits per heavy atom. The molecular weight excluding hydrogens is 264 g/mol. The van der Waals surface area contributed by atoms with Crippen LogP contribution in [0.15, 0.2) is 12.4 Å². The Morgan fingerprint density at radius 1 is 1.43 bits per heavy atom. The third-order valence-electron chi connectivity index (χ3n) is 4.07. The zero-order valence-corrected chi connectivity index (χ0v) is 13.7. The normalized spacial score (nSPS) is 17.4. The van der Waals surface area contributed by atoms with Gasteiger partial charge in [0.2, 0.25) is 5.91 Å².